The Morgan fingerprint density at radius 3 is 2.69 bits per heavy atom. The summed E-state index contributed by atoms with van der Waals surface area (Å²) in [5, 5.41) is 0. The number of hydrogen-bond acceptors (Lipinski definition) is 5. The molecule has 2 fully saturated rings. The molecule has 2 aliphatic heterocycles. The van der Waals surface area contributed by atoms with E-state index in [1.807, 2.05) is 24.3 Å². The van der Waals surface area contributed by atoms with Gasteiger partial charge >= 0.3 is 0 Å². The van der Waals surface area contributed by atoms with Crippen molar-refractivity contribution in [2.75, 3.05) is 59.7 Å². The summed E-state index contributed by atoms with van der Waals surface area (Å²) in [7, 11) is 6.10. The Morgan fingerprint density at radius 1 is 1.19 bits per heavy atom. The molecule has 0 aromatic heterocycles. The van der Waals surface area contributed by atoms with Crippen molar-refractivity contribution >= 4 is 17.7 Å². The number of thioether (sulfide) groups is 1. The van der Waals surface area contributed by atoms with Gasteiger partial charge in [0.25, 0.3) is 0 Å². The Bertz CT molecular complexity index is 617. The first-order chi connectivity index (χ1) is 12.5. The van der Waals surface area contributed by atoms with Gasteiger partial charge in [0.1, 0.15) is 5.75 Å². The maximum Gasteiger partial charge on any atom is 0.232 e. The molecule has 3 rings (SSSR count). The molecular weight excluding hydrogens is 346 g/mol. The van der Waals surface area contributed by atoms with Gasteiger partial charge in [-0.15, -0.1) is 11.8 Å². The molecule has 5 nitrogen and oxygen atoms in total. The van der Waals surface area contributed by atoms with Crippen molar-refractivity contribution in [2.24, 2.45) is 0 Å². The van der Waals surface area contributed by atoms with Crippen LogP contribution in [0.4, 0.5) is 0 Å². The first-order valence-corrected chi connectivity index (χ1v) is 10.5. The van der Waals surface area contributed by atoms with Crippen molar-refractivity contribution in [2.45, 2.75) is 29.7 Å². The first kappa shape index (κ1) is 19.5. The van der Waals surface area contributed by atoms with E-state index < -0.39 is 0 Å². The van der Waals surface area contributed by atoms with Gasteiger partial charge in [0.05, 0.1) is 12.9 Å². The van der Waals surface area contributed by atoms with E-state index in [-0.39, 0.29) is 11.4 Å². The number of amides is 1. The minimum Gasteiger partial charge on any atom is -0.497 e. The topological polar surface area (TPSA) is 36.0 Å². The van der Waals surface area contributed by atoms with Gasteiger partial charge < -0.3 is 14.5 Å². The smallest absolute Gasteiger partial charge is 0.232 e. The van der Waals surface area contributed by atoms with Crippen LogP contribution < -0.4 is 4.74 Å². The Kier molecular flexibility index (Phi) is 6.48. The molecule has 1 aromatic rings. The molecule has 1 amide bonds. The number of likely N-dealkylation sites (N-methyl/N-ethyl adjacent to an activating group) is 1. The highest BCUT2D eigenvalue weighted by Gasteiger charge is 2.41. The second-order valence-electron chi connectivity index (χ2n) is 7.59. The maximum atomic E-state index is 12.9. The van der Waals surface area contributed by atoms with Gasteiger partial charge in [-0.2, -0.15) is 0 Å². The van der Waals surface area contributed by atoms with Gasteiger partial charge in [-0.3, -0.25) is 9.69 Å². The molecule has 144 valence electrons. The third kappa shape index (κ3) is 4.53. The van der Waals surface area contributed by atoms with Crippen LogP contribution in [0, 0.1) is 0 Å². The first-order valence-electron chi connectivity index (χ1n) is 9.47. The third-order valence-electron chi connectivity index (χ3n) is 5.89. The molecule has 1 aromatic carbocycles. The van der Waals surface area contributed by atoms with E-state index >= 15 is 0 Å². The monoisotopic (exact) mass is 377 g/mol. The van der Waals surface area contributed by atoms with E-state index in [4.69, 9.17) is 4.74 Å². The molecule has 2 heterocycles. The predicted molar refractivity (Wildman–Crippen MR) is 107 cm³/mol. The molecule has 0 N–H and O–H groups in total. The highest BCUT2D eigenvalue weighted by molar-refractivity contribution is 8.00. The molecule has 0 unspecified atom stereocenters. The van der Waals surface area contributed by atoms with Crippen LogP contribution in [-0.4, -0.2) is 85.8 Å². The molecule has 0 bridgehead atoms. The molecule has 0 saturated carbocycles. The summed E-state index contributed by atoms with van der Waals surface area (Å²) in [5.74, 6) is 1.59. The van der Waals surface area contributed by atoms with Gasteiger partial charge in [-0.05, 0) is 64.6 Å². The second-order valence-corrected chi connectivity index (χ2v) is 8.63. The molecule has 2 saturated heterocycles. The van der Waals surface area contributed by atoms with Gasteiger partial charge in [0, 0.05) is 30.1 Å². The van der Waals surface area contributed by atoms with E-state index in [0.717, 1.165) is 62.6 Å². The van der Waals surface area contributed by atoms with Crippen LogP contribution in [0.1, 0.15) is 19.3 Å². The van der Waals surface area contributed by atoms with Gasteiger partial charge in [-0.25, -0.2) is 0 Å². The van der Waals surface area contributed by atoms with Gasteiger partial charge in [0.15, 0.2) is 0 Å². The molecule has 0 aliphatic carbocycles. The SMILES string of the molecule is COc1cccc(SCC(=O)N2CCCN(C)C3(CCN(C)CC3)C2)c1. The quantitative estimate of drug-likeness (QED) is 0.753. The normalized spacial score (nSPS) is 21.6. The second kappa shape index (κ2) is 8.63. The molecule has 2 aliphatic rings. The molecule has 0 radical (unpaired) electrons. The fourth-order valence-electron chi connectivity index (χ4n) is 4.01. The summed E-state index contributed by atoms with van der Waals surface area (Å²) in [4.78, 5) is 21.0. The average Bonchev–Trinajstić information content (AvgIpc) is 2.82. The Hall–Kier alpha value is -1.24. The van der Waals surface area contributed by atoms with Gasteiger partial charge in [-0.1, -0.05) is 6.07 Å². The van der Waals surface area contributed by atoms with Crippen LogP contribution in [0.3, 0.4) is 0 Å². The van der Waals surface area contributed by atoms with E-state index in [0.29, 0.717) is 5.75 Å². The number of nitrogens with zero attached hydrogens (tertiary/aromatic N) is 3. The van der Waals surface area contributed by atoms with Crippen LogP contribution in [-0.2, 0) is 4.79 Å². The lowest BCUT2D eigenvalue weighted by Gasteiger charge is -2.47. The average molecular weight is 378 g/mol. The van der Waals surface area contributed by atoms with Crippen molar-refractivity contribution in [3.63, 3.8) is 0 Å². The summed E-state index contributed by atoms with van der Waals surface area (Å²) in [6, 6.07) is 7.93. The van der Waals surface area contributed by atoms with Crippen LogP contribution in [0.15, 0.2) is 29.2 Å². The zero-order valence-electron chi connectivity index (χ0n) is 16.2. The van der Waals surface area contributed by atoms with Crippen molar-refractivity contribution in [1.82, 2.24) is 14.7 Å². The summed E-state index contributed by atoms with van der Waals surface area (Å²) in [6.45, 7) is 5.06. The van der Waals surface area contributed by atoms with Gasteiger partial charge in [0.2, 0.25) is 5.91 Å². The highest BCUT2D eigenvalue weighted by Crippen LogP contribution is 2.31. The Morgan fingerprint density at radius 2 is 1.96 bits per heavy atom. The number of ether oxygens (including phenoxy) is 1. The fraction of sp³-hybridized carbons (Fsp3) is 0.650. The number of carbonyl (C=O) groups excluding carboxylic acids is 1. The molecular formula is C20H31N3O2S. The van der Waals surface area contributed by atoms with Crippen LogP contribution in [0.25, 0.3) is 0 Å². The molecule has 1 spiro atoms. The number of carbonyl (C=O) groups is 1. The fourth-order valence-corrected chi connectivity index (χ4v) is 4.85. The molecule has 26 heavy (non-hydrogen) atoms. The number of benzene rings is 1. The lowest BCUT2D eigenvalue weighted by atomic mass is 9.85. The Balaban J connectivity index is 1.62. The highest BCUT2D eigenvalue weighted by atomic mass is 32.2. The third-order valence-corrected chi connectivity index (χ3v) is 6.87. The van der Waals surface area contributed by atoms with Crippen molar-refractivity contribution < 1.29 is 9.53 Å². The van der Waals surface area contributed by atoms with Crippen molar-refractivity contribution in [3.05, 3.63) is 24.3 Å². The maximum absolute atomic E-state index is 12.9. The van der Waals surface area contributed by atoms with E-state index in [9.17, 15) is 4.79 Å². The summed E-state index contributed by atoms with van der Waals surface area (Å²) in [5.41, 5.74) is 0.152. The summed E-state index contributed by atoms with van der Waals surface area (Å²) < 4.78 is 5.27. The van der Waals surface area contributed by atoms with Crippen LogP contribution >= 0.6 is 11.8 Å². The Labute approximate surface area is 161 Å². The largest absolute Gasteiger partial charge is 0.497 e. The van der Waals surface area contributed by atoms with Crippen LogP contribution in [0.2, 0.25) is 0 Å². The minimum absolute atomic E-state index is 0.152. The number of likely N-dealkylation sites (tertiary alicyclic amines) is 1. The molecule has 6 heteroatoms. The van der Waals surface area contributed by atoms with E-state index in [1.165, 1.54) is 0 Å². The summed E-state index contributed by atoms with van der Waals surface area (Å²) in [6.07, 6.45) is 3.35. The van der Waals surface area contributed by atoms with E-state index in [2.05, 4.69) is 28.8 Å². The van der Waals surface area contributed by atoms with Crippen LogP contribution in [0.5, 0.6) is 5.75 Å². The summed E-state index contributed by atoms with van der Waals surface area (Å²) >= 11 is 1.60. The lowest BCUT2D eigenvalue weighted by Crippen LogP contribution is -2.58. The number of methoxy groups -OCH3 is 1. The zero-order chi connectivity index (χ0) is 18.6. The van der Waals surface area contributed by atoms with E-state index in [1.54, 1.807) is 18.9 Å². The van der Waals surface area contributed by atoms with Crippen molar-refractivity contribution in [3.8, 4) is 5.75 Å². The number of piperidine rings is 1. The zero-order valence-corrected chi connectivity index (χ0v) is 17.1. The van der Waals surface area contributed by atoms with Crippen molar-refractivity contribution in [1.29, 1.82) is 0 Å². The lowest BCUT2D eigenvalue weighted by molar-refractivity contribution is -0.130. The predicted octanol–water partition coefficient (Wildman–Crippen LogP) is 2.42. The number of hydrogen-bond donors (Lipinski definition) is 0. The number of rotatable bonds is 4. The standard InChI is InChI=1S/C20H31N3O2S/c1-21-12-8-20(9-13-21)16-23(11-5-10-22(20)2)19(24)15-26-18-7-4-6-17(14-18)25-3/h4,6-7,14H,5,8-13,15-16H2,1-3H3. The molecule has 0 atom stereocenters. The minimum atomic E-state index is 0.152.